The van der Waals surface area contributed by atoms with Crippen LogP contribution in [-0.4, -0.2) is 41.9 Å². The third-order valence-electron chi connectivity index (χ3n) is 6.12. The monoisotopic (exact) mass is 452 g/mol. The fourth-order valence-corrected chi connectivity index (χ4v) is 4.61. The molecule has 1 heterocycles. The van der Waals surface area contributed by atoms with Gasteiger partial charge in [-0.05, 0) is 61.9 Å². The smallest absolute Gasteiger partial charge is 0.289 e. The molecule has 6 heteroatoms. The molecular weight excluding hydrogens is 424 g/mol. The van der Waals surface area contributed by atoms with Crippen molar-refractivity contribution in [1.82, 2.24) is 10.2 Å². The van der Waals surface area contributed by atoms with E-state index in [0.717, 1.165) is 42.4 Å². The van der Waals surface area contributed by atoms with Gasteiger partial charge in [0.1, 0.15) is 12.6 Å². The molecule has 2 aromatic rings. The highest BCUT2D eigenvalue weighted by Gasteiger charge is 2.42. The first-order valence-corrected chi connectivity index (χ1v) is 11.6. The molecule has 1 aliphatic carbocycles. The van der Waals surface area contributed by atoms with Crippen molar-refractivity contribution in [3.05, 3.63) is 76.0 Å². The Bertz CT molecular complexity index is 1000. The molecule has 2 atom stereocenters. The quantitative estimate of drug-likeness (QED) is 0.655. The van der Waals surface area contributed by atoms with Crippen LogP contribution in [0.3, 0.4) is 0 Å². The van der Waals surface area contributed by atoms with Crippen molar-refractivity contribution in [1.29, 1.82) is 0 Å². The highest BCUT2D eigenvalue weighted by atomic mass is 35.5. The van der Waals surface area contributed by atoms with Gasteiger partial charge in [-0.2, -0.15) is 0 Å². The number of hydrogen-bond acceptors (Lipinski definition) is 3. The zero-order valence-electron chi connectivity index (χ0n) is 18.4. The van der Waals surface area contributed by atoms with Crippen LogP contribution in [0, 0.1) is 6.92 Å². The third kappa shape index (κ3) is 5.52. The second-order valence-corrected chi connectivity index (χ2v) is 9.03. The van der Waals surface area contributed by atoms with E-state index in [1.54, 1.807) is 11.0 Å². The molecule has 1 saturated heterocycles. The molecule has 5 nitrogen and oxygen atoms in total. The van der Waals surface area contributed by atoms with E-state index in [-0.39, 0.29) is 30.5 Å². The fourth-order valence-electron chi connectivity index (χ4n) is 4.48. The molecule has 1 saturated carbocycles. The highest BCUT2D eigenvalue weighted by Crippen LogP contribution is 2.33. The minimum absolute atomic E-state index is 0.0482. The van der Waals surface area contributed by atoms with Gasteiger partial charge in [-0.1, -0.05) is 60.0 Å². The van der Waals surface area contributed by atoms with Gasteiger partial charge < -0.3 is 15.0 Å². The number of carbonyl (C=O) groups is 2. The summed E-state index contributed by atoms with van der Waals surface area (Å²) in [4.78, 5) is 27.7. The number of ether oxygens (including phenoxy) is 1. The Morgan fingerprint density at radius 1 is 1.19 bits per heavy atom. The second kappa shape index (κ2) is 10.2. The molecular formula is C26H29ClN2O3. The van der Waals surface area contributed by atoms with E-state index in [4.69, 9.17) is 16.3 Å². The molecule has 32 heavy (non-hydrogen) atoms. The van der Waals surface area contributed by atoms with E-state index in [1.165, 1.54) is 0 Å². The largest absolute Gasteiger partial charge is 0.482 e. The number of amides is 2. The first-order valence-electron chi connectivity index (χ1n) is 11.3. The van der Waals surface area contributed by atoms with E-state index >= 15 is 0 Å². The van der Waals surface area contributed by atoms with Crippen molar-refractivity contribution in [3.8, 4) is 0 Å². The molecule has 2 fully saturated rings. The molecule has 168 valence electrons. The van der Waals surface area contributed by atoms with Gasteiger partial charge in [0.15, 0.2) is 5.76 Å². The summed E-state index contributed by atoms with van der Waals surface area (Å²) >= 11 is 5.92. The summed E-state index contributed by atoms with van der Waals surface area (Å²) in [7, 11) is 0. The molecule has 2 unspecified atom stereocenters. The normalized spacial score (nSPS) is 21.8. The van der Waals surface area contributed by atoms with Gasteiger partial charge in [0.25, 0.3) is 5.91 Å². The van der Waals surface area contributed by atoms with Gasteiger partial charge in [-0.3, -0.25) is 9.59 Å². The number of aryl methyl sites for hydroxylation is 1. The van der Waals surface area contributed by atoms with Crippen LogP contribution >= 0.6 is 11.6 Å². The molecule has 1 aliphatic heterocycles. The Kier molecular flexibility index (Phi) is 7.15. The number of morpholine rings is 1. The second-order valence-electron chi connectivity index (χ2n) is 8.59. The topological polar surface area (TPSA) is 58.6 Å². The third-order valence-corrected chi connectivity index (χ3v) is 6.37. The average molecular weight is 453 g/mol. The maximum Gasteiger partial charge on any atom is 0.289 e. The highest BCUT2D eigenvalue weighted by molar-refractivity contribution is 6.30. The number of benzene rings is 2. The summed E-state index contributed by atoms with van der Waals surface area (Å²) in [5.41, 5.74) is 3.15. The number of hydrogen-bond donors (Lipinski definition) is 1. The van der Waals surface area contributed by atoms with Crippen molar-refractivity contribution in [2.24, 2.45) is 0 Å². The van der Waals surface area contributed by atoms with Gasteiger partial charge >= 0.3 is 0 Å². The SMILES string of the molecule is Cc1cccc(/C=C2/OC3CCCCC3N(CC(=O)NCCc3ccc(Cl)cc3)C2=O)c1. The Hall–Kier alpha value is -2.79. The maximum atomic E-state index is 13.3. The summed E-state index contributed by atoms with van der Waals surface area (Å²) in [6.45, 7) is 2.58. The standard InChI is InChI=1S/C26H29ClN2O3/c1-18-5-4-6-20(15-18)16-24-26(31)29(22-7-2-3-8-23(22)32-24)17-25(30)28-14-13-19-9-11-21(27)12-10-19/h4-6,9-12,15-16,22-23H,2-3,7-8,13-14,17H2,1H3,(H,28,30)/b24-16+. The van der Waals surface area contributed by atoms with Crippen LogP contribution in [0.25, 0.3) is 6.08 Å². The zero-order valence-corrected chi connectivity index (χ0v) is 19.1. The minimum atomic E-state index is -0.206. The van der Waals surface area contributed by atoms with Crippen molar-refractivity contribution in [3.63, 3.8) is 0 Å². The first kappa shape index (κ1) is 22.4. The molecule has 1 N–H and O–H groups in total. The van der Waals surface area contributed by atoms with Crippen molar-refractivity contribution in [2.75, 3.05) is 13.1 Å². The van der Waals surface area contributed by atoms with Crippen LogP contribution in [0.15, 0.2) is 54.3 Å². The van der Waals surface area contributed by atoms with E-state index in [1.807, 2.05) is 55.5 Å². The Balaban J connectivity index is 1.43. The summed E-state index contributed by atoms with van der Waals surface area (Å²) in [5, 5.41) is 3.65. The predicted molar refractivity (Wildman–Crippen MR) is 126 cm³/mol. The van der Waals surface area contributed by atoms with Crippen molar-refractivity contribution in [2.45, 2.75) is 51.2 Å². The molecule has 2 aromatic carbocycles. The molecule has 2 aliphatic rings. The molecule has 0 aromatic heterocycles. The number of halogens is 1. The van der Waals surface area contributed by atoms with Crippen LogP contribution in [0.1, 0.15) is 42.4 Å². The number of rotatable bonds is 6. The van der Waals surface area contributed by atoms with Crippen molar-refractivity contribution >= 4 is 29.5 Å². The van der Waals surface area contributed by atoms with Gasteiger partial charge in [-0.15, -0.1) is 0 Å². The number of carbonyl (C=O) groups excluding carboxylic acids is 2. The van der Waals surface area contributed by atoms with Crippen LogP contribution in [0.5, 0.6) is 0 Å². The van der Waals surface area contributed by atoms with Gasteiger partial charge in [-0.25, -0.2) is 0 Å². The zero-order chi connectivity index (χ0) is 22.5. The number of fused-ring (bicyclic) bond motifs is 1. The van der Waals surface area contributed by atoms with Crippen LogP contribution in [0.4, 0.5) is 0 Å². The van der Waals surface area contributed by atoms with Crippen LogP contribution < -0.4 is 5.32 Å². The molecule has 0 radical (unpaired) electrons. The lowest BCUT2D eigenvalue weighted by atomic mass is 9.89. The van der Waals surface area contributed by atoms with Gasteiger partial charge in [0.05, 0.1) is 6.04 Å². The first-order chi connectivity index (χ1) is 15.5. The van der Waals surface area contributed by atoms with E-state index < -0.39 is 0 Å². The van der Waals surface area contributed by atoms with Gasteiger partial charge in [0.2, 0.25) is 5.91 Å². The van der Waals surface area contributed by atoms with Gasteiger partial charge in [0, 0.05) is 11.6 Å². The lowest BCUT2D eigenvalue weighted by molar-refractivity contribution is -0.151. The van der Waals surface area contributed by atoms with Crippen LogP contribution in [0.2, 0.25) is 5.02 Å². The predicted octanol–water partition coefficient (Wildman–Crippen LogP) is 4.52. The van der Waals surface area contributed by atoms with E-state index in [9.17, 15) is 9.59 Å². The number of nitrogens with one attached hydrogen (secondary N) is 1. The van der Waals surface area contributed by atoms with Crippen molar-refractivity contribution < 1.29 is 14.3 Å². The summed E-state index contributed by atoms with van der Waals surface area (Å²) in [6, 6.07) is 15.5. The minimum Gasteiger partial charge on any atom is -0.482 e. The Labute approximate surface area is 194 Å². The Morgan fingerprint density at radius 3 is 2.75 bits per heavy atom. The Morgan fingerprint density at radius 2 is 1.97 bits per heavy atom. The van der Waals surface area contributed by atoms with E-state index in [2.05, 4.69) is 5.32 Å². The number of nitrogens with zero attached hydrogens (tertiary/aromatic N) is 1. The fraction of sp³-hybridized carbons (Fsp3) is 0.385. The van der Waals surface area contributed by atoms with Crippen LogP contribution in [-0.2, 0) is 20.7 Å². The molecule has 2 amide bonds. The van der Waals surface area contributed by atoms with E-state index in [0.29, 0.717) is 23.7 Å². The lowest BCUT2D eigenvalue weighted by Crippen LogP contribution is -2.57. The average Bonchev–Trinajstić information content (AvgIpc) is 2.78. The summed E-state index contributed by atoms with van der Waals surface area (Å²) in [6.07, 6.45) is 6.34. The molecule has 4 rings (SSSR count). The maximum absolute atomic E-state index is 13.3. The summed E-state index contributed by atoms with van der Waals surface area (Å²) < 4.78 is 6.13. The summed E-state index contributed by atoms with van der Waals surface area (Å²) in [5.74, 6) is -0.0244. The lowest BCUT2D eigenvalue weighted by Gasteiger charge is -2.44. The molecule has 0 spiro atoms. The molecule has 0 bridgehead atoms.